The van der Waals surface area contributed by atoms with Gasteiger partial charge in [0.2, 0.25) is 5.91 Å². The summed E-state index contributed by atoms with van der Waals surface area (Å²) >= 11 is 0. The largest absolute Gasteiger partial charge is 0.370 e. The van der Waals surface area contributed by atoms with Gasteiger partial charge in [0.1, 0.15) is 5.65 Å². The monoisotopic (exact) mass is 426 g/mol. The van der Waals surface area contributed by atoms with Gasteiger partial charge in [0.25, 0.3) is 0 Å². The molecule has 1 saturated carbocycles. The molecule has 2 aromatic heterocycles. The number of nitrogens with two attached hydrogens (primary N) is 1. The molecule has 1 aliphatic rings. The number of unbranched alkanes of at least 4 members (excludes halogenated alkanes) is 5. The maximum atomic E-state index is 12.8. The van der Waals surface area contributed by atoms with Crippen molar-refractivity contribution in [2.75, 3.05) is 18.4 Å². The first-order chi connectivity index (χ1) is 15.1. The van der Waals surface area contributed by atoms with Gasteiger partial charge in [-0.25, -0.2) is 4.98 Å². The van der Waals surface area contributed by atoms with Gasteiger partial charge in [-0.15, -0.1) is 0 Å². The number of nitrogens with one attached hydrogen (secondary N) is 3. The highest BCUT2D eigenvalue weighted by molar-refractivity contribution is 6.00. The van der Waals surface area contributed by atoms with E-state index in [0.717, 1.165) is 61.9 Å². The number of hydrogen-bond donors (Lipinski definition) is 4. The van der Waals surface area contributed by atoms with Crippen LogP contribution in [0.1, 0.15) is 71.1 Å². The van der Waals surface area contributed by atoms with Gasteiger partial charge < -0.3 is 20.9 Å². The van der Waals surface area contributed by atoms with Gasteiger partial charge in [0.15, 0.2) is 5.96 Å². The van der Waals surface area contributed by atoms with Crippen molar-refractivity contribution in [2.24, 2.45) is 17.6 Å². The van der Waals surface area contributed by atoms with Crippen molar-refractivity contribution >= 4 is 28.6 Å². The summed E-state index contributed by atoms with van der Waals surface area (Å²) in [6.45, 7) is 3.94. The molecule has 0 unspecified atom stereocenters. The normalized spacial score (nSPS) is 18.7. The molecule has 3 rings (SSSR count). The van der Waals surface area contributed by atoms with E-state index in [1.54, 1.807) is 6.20 Å². The Morgan fingerprint density at radius 2 is 1.94 bits per heavy atom. The van der Waals surface area contributed by atoms with Crippen molar-refractivity contribution in [1.82, 2.24) is 14.9 Å². The second kappa shape index (κ2) is 11.7. The van der Waals surface area contributed by atoms with Gasteiger partial charge in [-0.2, -0.15) is 0 Å². The molecule has 1 fully saturated rings. The lowest BCUT2D eigenvalue weighted by molar-refractivity contribution is -0.121. The Balaban J connectivity index is 1.42. The summed E-state index contributed by atoms with van der Waals surface area (Å²) in [6, 6.07) is 3.79. The molecule has 0 saturated heterocycles. The van der Waals surface area contributed by atoms with Crippen LogP contribution in [-0.2, 0) is 4.79 Å². The zero-order valence-corrected chi connectivity index (χ0v) is 18.8. The van der Waals surface area contributed by atoms with Crippen molar-refractivity contribution in [3.63, 3.8) is 0 Å². The highest BCUT2D eigenvalue weighted by Crippen LogP contribution is 2.31. The zero-order chi connectivity index (χ0) is 22.1. The van der Waals surface area contributed by atoms with Crippen LogP contribution in [0.4, 0.5) is 5.69 Å². The summed E-state index contributed by atoms with van der Waals surface area (Å²) in [7, 11) is 0. The molecule has 1 amide bonds. The number of carbonyl (C=O) groups excluding carboxylic acids is 1. The van der Waals surface area contributed by atoms with E-state index in [1.807, 2.05) is 23.2 Å². The average molecular weight is 427 g/mol. The SMILES string of the molecule is CCCCCCCCN(CC1CCC(C(=O)Nc2ccnc3[nH]ccc23)CC1)C(=N)N. The number of hydrogen-bond acceptors (Lipinski definition) is 3. The Labute approximate surface area is 185 Å². The number of H-pyrrole nitrogens is 1. The molecule has 2 heterocycles. The molecule has 0 aromatic carbocycles. The minimum absolute atomic E-state index is 0.0442. The van der Waals surface area contributed by atoms with Crippen LogP contribution >= 0.6 is 0 Å². The maximum Gasteiger partial charge on any atom is 0.227 e. The second-order valence-electron chi connectivity index (χ2n) is 8.90. The third-order valence-electron chi connectivity index (χ3n) is 6.54. The van der Waals surface area contributed by atoms with Crippen LogP contribution in [-0.4, -0.2) is 39.8 Å². The predicted octanol–water partition coefficient (Wildman–Crippen LogP) is 4.86. The van der Waals surface area contributed by atoms with Gasteiger partial charge in [0, 0.05) is 36.8 Å². The Morgan fingerprint density at radius 3 is 2.68 bits per heavy atom. The van der Waals surface area contributed by atoms with Crippen molar-refractivity contribution in [1.29, 1.82) is 5.41 Å². The van der Waals surface area contributed by atoms with Crippen LogP contribution in [0.15, 0.2) is 24.5 Å². The quantitative estimate of drug-likeness (QED) is 0.233. The summed E-state index contributed by atoms with van der Waals surface area (Å²) in [5, 5.41) is 12.0. The summed E-state index contributed by atoms with van der Waals surface area (Å²) in [5.41, 5.74) is 7.46. The van der Waals surface area contributed by atoms with E-state index in [4.69, 9.17) is 11.1 Å². The molecule has 0 spiro atoms. The molecular weight excluding hydrogens is 388 g/mol. The van der Waals surface area contributed by atoms with E-state index >= 15 is 0 Å². The summed E-state index contributed by atoms with van der Waals surface area (Å²) in [6.07, 6.45) is 14.8. The highest BCUT2D eigenvalue weighted by atomic mass is 16.1. The minimum Gasteiger partial charge on any atom is -0.370 e. The van der Waals surface area contributed by atoms with Gasteiger partial charge in [0.05, 0.1) is 5.69 Å². The fourth-order valence-corrected chi connectivity index (χ4v) is 4.62. The Hall–Kier alpha value is -2.57. The Morgan fingerprint density at radius 1 is 1.19 bits per heavy atom. The Kier molecular flexibility index (Phi) is 8.74. The smallest absolute Gasteiger partial charge is 0.227 e. The molecule has 5 N–H and O–H groups in total. The Bertz CT molecular complexity index is 839. The average Bonchev–Trinajstić information content (AvgIpc) is 3.25. The van der Waals surface area contributed by atoms with Crippen LogP contribution in [0.2, 0.25) is 0 Å². The lowest BCUT2D eigenvalue weighted by atomic mass is 9.81. The van der Waals surface area contributed by atoms with Crippen molar-refractivity contribution in [3.8, 4) is 0 Å². The number of nitrogens with zero attached hydrogens (tertiary/aromatic N) is 2. The second-order valence-corrected chi connectivity index (χ2v) is 8.90. The van der Waals surface area contributed by atoms with Crippen LogP contribution < -0.4 is 11.1 Å². The van der Waals surface area contributed by atoms with Crippen LogP contribution in [0.25, 0.3) is 11.0 Å². The molecule has 31 heavy (non-hydrogen) atoms. The summed E-state index contributed by atoms with van der Waals surface area (Å²) in [4.78, 5) is 22.2. The van der Waals surface area contributed by atoms with E-state index in [9.17, 15) is 4.79 Å². The fraction of sp³-hybridized carbons (Fsp3) is 0.625. The van der Waals surface area contributed by atoms with Crippen LogP contribution in [0.3, 0.4) is 0 Å². The highest BCUT2D eigenvalue weighted by Gasteiger charge is 2.28. The topological polar surface area (TPSA) is 111 Å². The van der Waals surface area contributed by atoms with E-state index in [2.05, 4.69) is 22.2 Å². The molecule has 7 nitrogen and oxygen atoms in total. The molecule has 0 bridgehead atoms. The van der Waals surface area contributed by atoms with Crippen molar-refractivity contribution in [3.05, 3.63) is 24.5 Å². The van der Waals surface area contributed by atoms with Crippen molar-refractivity contribution < 1.29 is 4.79 Å². The summed E-state index contributed by atoms with van der Waals surface area (Å²) in [5.74, 6) is 0.831. The van der Waals surface area contributed by atoms with E-state index in [1.165, 1.54) is 32.1 Å². The lowest BCUT2D eigenvalue weighted by Gasteiger charge is -2.32. The number of guanidine groups is 1. The number of rotatable bonds is 11. The molecular formula is C24H38N6O. The first kappa shape index (κ1) is 23.1. The minimum atomic E-state index is 0.0442. The third kappa shape index (κ3) is 6.71. The van der Waals surface area contributed by atoms with Crippen LogP contribution in [0.5, 0.6) is 0 Å². The van der Waals surface area contributed by atoms with Gasteiger partial charge in [-0.1, -0.05) is 39.0 Å². The molecule has 1 aliphatic carbocycles. The lowest BCUT2D eigenvalue weighted by Crippen LogP contribution is -2.41. The van der Waals surface area contributed by atoms with Crippen LogP contribution in [0, 0.1) is 17.2 Å². The van der Waals surface area contributed by atoms with Gasteiger partial charge in [-0.05, 0) is 50.2 Å². The number of pyridine rings is 1. The molecule has 2 aromatic rings. The predicted molar refractivity (Wildman–Crippen MR) is 127 cm³/mol. The third-order valence-corrected chi connectivity index (χ3v) is 6.54. The number of carbonyl (C=O) groups is 1. The standard InChI is InChI=1S/C24H38N6O/c1-2-3-4-5-6-7-16-30(24(25)26)17-18-8-10-19(11-9-18)23(31)29-21-13-15-28-22-20(21)12-14-27-22/h12-15,18-19H,2-11,16-17H2,1H3,(H3,25,26)(H2,27,28,29,31). The first-order valence-electron chi connectivity index (χ1n) is 11.9. The number of aromatic nitrogens is 2. The van der Waals surface area contributed by atoms with E-state index < -0.39 is 0 Å². The molecule has 7 heteroatoms. The van der Waals surface area contributed by atoms with E-state index in [0.29, 0.717) is 5.92 Å². The van der Waals surface area contributed by atoms with E-state index in [-0.39, 0.29) is 17.8 Å². The molecule has 0 radical (unpaired) electrons. The number of amides is 1. The van der Waals surface area contributed by atoms with Gasteiger partial charge >= 0.3 is 0 Å². The first-order valence-corrected chi connectivity index (χ1v) is 11.9. The zero-order valence-electron chi connectivity index (χ0n) is 18.8. The molecule has 170 valence electrons. The number of aromatic amines is 1. The fourth-order valence-electron chi connectivity index (χ4n) is 4.62. The maximum absolute atomic E-state index is 12.8. The summed E-state index contributed by atoms with van der Waals surface area (Å²) < 4.78 is 0. The number of fused-ring (bicyclic) bond motifs is 1. The molecule has 0 atom stereocenters. The van der Waals surface area contributed by atoms with Crippen molar-refractivity contribution in [2.45, 2.75) is 71.1 Å². The van der Waals surface area contributed by atoms with Gasteiger partial charge in [-0.3, -0.25) is 10.2 Å². The number of anilines is 1. The molecule has 0 aliphatic heterocycles.